The second-order valence-electron chi connectivity index (χ2n) is 6.31. The number of carbonyl (C=O) groups excluding carboxylic acids is 1. The summed E-state index contributed by atoms with van der Waals surface area (Å²) >= 11 is 0. The molecule has 0 unspecified atom stereocenters. The van der Waals surface area contributed by atoms with Gasteiger partial charge in [-0.2, -0.15) is 5.10 Å². The summed E-state index contributed by atoms with van der Waals surface area (Å²) in [7, 11) is 3.55. The van der Waals surface area contributed by atoms with Gasteiger partial charge in [-0.15, -0.1) is 0 Å². The van der Waals surface area contributed by atoms with Crippen LogP contribution in [-0.2, 0) is 27.9 Å². The van der Waals surface area contributed by atoms with Crippen molar-refractivity contribution in [2.75, 3.05) is 46.6 Å². The van der Waals surface area contributed by atoms with E-state index in [4.69, 9.17) is 9.47 Å². The number of aromatic nitrogens is 2. The molecule has 2 aliphatic rings. The van der Waals surface area contributed by atoms with Gasteiger partial charge in [0.25, 0.3) is 0 Å². The van der Waals surface area contributed by atoms with E-state index in [1.54, 1.807) is 7.11 Å². The molecule has 1 N–H and O–H groups in total. The molecule has 2 fully saturated rings. The Kier molecular flexibility index (Phi) is 4.46. The molecule has 122 valence electrons. The van der Waals surface area contributed by atoms with Gasteiger partial charge in [0.15, 0.2) is 0 Å². The maximum absolute atomic E-state index is 12.6. The molecular weight excluding hydrogens is 284 g/mol. The summed E-state index contributed by atoms with van der Waals surface area (Å²) in [4.78, 5) is 15.0. The summed E-state index contributed by atoms with van der Waals surface area (Å²) < 4.78 is 12.4. The molecule has 2 atom stereocenters. The molecule has 22 heavy (non-hydrogen) atoms. The van der Waals surface area contributed by atoms with Crippen molar-refractivity contribution in [3.63, 3.8) is 0 Å². The molecular formula is C15H24N4O3. The molecule has 7 heteroatoms. The number of aryl methyl sites for hydroxylation is 1. The Labute approximate surface area is 130 Å². The second-order valence-corrected chi connectivity index (χ2v) is 6.31. The van der Waals surface area contributed by atoms with Crippen molar-refractivity contribution in [2.45, 2.75) is 6.54 Å². The monoisotopic (exact) mass is 308 g/mol. The normalized spacial score (nSPS) is 28.0. The van der Waals surface area contributed by atoms with Gasteiger partial charge in [0, 0.05) is 58.0 Å². The lowest BCUT2D eigenvalue weighted by Gasteiger charge is -2.26. The van der Waals surface area contributed by atoms with Crippen LogP contribution < -0.4 is 5.32 Å². The Morgan fingerprint density at radius 1 is 1.64 bits per heavy atom. The zero-order valence-electron chi connectivity index (χ0n) is 13.2. The van der Waals surface area contributed by atoms with Gasteiger partial charge in [-0.3, -0.25) is 14.4 Å². The van der Waals surface area contributed by atoms with E-state index >= 15 is 0 Å². The van der Waals surface area contributed by atoms with Crippen molar-refractivity contribution in [1.29, 1.82) is 0 Å². The molecule has 1 aromatic rings. The number of likely N-dealkylation sites (tertiary alicyclic amines) is 1. The molecule has 0 bridgehead atoms. The number of nitrogens with zero attached hydrogens (tertiary/aromatic N) is 3. The molecule has 0 spiro atoms. The highest BCUT2D eigenvalue weighted by Crippen LogP contribution is 2.41. The van der Waals surface area contributed by atoms with E-state index in [1.165, 1.54) is 5.56 Å². The van der Waals surface area contributed by atoms with Gasteiger partial charge in [-0.05, 0) is 0 Å². The quantitative estimate of drug-likeness (QED) is 0.726. The number of hydrogen-bond acceptors (Lipinski definition) is 5. The Morgan fingerprint density at radius 2 is 2.50 bits per heavy atom. The third-order valence-electron chi connectivity index (χ3n) is 4.65. The number of hydrogen-bond donors (Lipinski definition) is 1. The zero-order chi connectivity index (χ0) is 15.6. The Morgan fingerprint density at radius 3 is 3.23 bits per heavy atom. The third kappa shape index (κ3) is 2.88. The second kappa shape index (κ2) is 6.36. The number of rotatable bonds is 6. The zero-order valence-corrected chi connectivity index (χ0v) is 13.2. The van der Waals surface area contributed by atoms with Crippen molar-refractivity contribution in [3.8, 4) is 0 Å². The van der Waals surface area contributed by atoms with Crippen LogP contribution in [0.2, 0.25) is 0 Å². The first kappa shape index (κ1) is 15.5. The molecule has 1 aromatic heterocycles. The summed E-state index contributed by atoms with van der Waals surface area (Å²) in [6, 6.07) is 0. The summed E-state index contributed by atoms with van der Waals surface area (Å²) in [5, 5.41) is 7.19. The van der Waals surface area contributed by atoms with E-state index in [0.717, 1.165) is 19.6 Å². The van der Waals surface area contributed by atoms with E-state index in [9.17, 15) is 4.79 Å². The van der Waals surface area contributed by atoms with E-state index in [1.807, 2.05) is 24.1 Å². The fourth-order valence-electron chi connectivity index (χ4n) is 3.54. The minimum atomic E-state index is -0.407. The smallest absolute Gasteiger partial charge is 0.230 e. The number of methoxy groups -OCH3 is 1. The van der Waals surface area contributed by atoms with Crippen LogP contribution >= 0.6 is 0 Å². The average Bonchev–Trinajstić information content (AvgIpc) is 3.14. The predicted molar refractivity (Wildman–Crippen MR) is 80.1 cm³/mol. The molecule has 0 radical (unpaired) electrons. The Bertz CT molecular complexity index is 533. The van der Waals surface area contributed by atoms with Crippen LogP contribution in [0, 0.1) is 11.3 Å². The summed E-state index contributed by atoms with van der Waals surface area (Å²) in [6.45, 7) is 4.73. The first-order valence-electron chi connectivity index (χ1n) is 7.69. The van der Waals surface area contributed by atoms with Crippen molar-refractivity contribution in [3.05, 3.63) is 18.0 Å². The maximum atomic E-state index is 12.6. The molecule has 2 aliphatic heterocycles. The van der Waals surface area contributed by atoms with Crippen molar-refractivity contribution in [2.24, 2.45) is 18.4 Å². The van der Waals surface area contributed by atoms with Crippen molar-refractivity contribution < 1.29 is 14.3 Å². The van der Waals surface area contributed by atoms with Crippen LogP contribution in [0.5, 0.6) is 0 Å². The van der Waals surface area contributed by atoms with Gasteiger partial charge in [-0.1, -0.05) is 0 Å². The molecule has 1 amide bonds. The fraction of sp³-hybridized carbons (Fsp3) is 0.733. The Hall–Kier alpha value is -1.44. The first-order chi connectivity index (χ1) is 10.6. The first-order valence-corrected chi connectivity index (χ1v) is 7.69. The largest absolute Gasteiger partial charge is 0.383 e. The Balaban J connectivity index is 1.64. The van der Waals surface area contributed by atoms with E-state index in [0.29, 0.717) is 26.4 Å². The summed E-state index contributed by atoms with van der Waals surface area (Å²) in [5.74, 6) is 0.368. The standard InChI is InChI=1S/C15H24N4O3/c1-18-6-12(5-17-18)7-19-8-13-9-22-11-15(13,10-19)14(20)16-3-4-21-2/h5-6,13H,3-4,7-11H2,1-2H3,(H,16,20)/t13-,15-/m0/s1. The van der Waals surface area contributed by atoms with Gasteiger partial charge in [0.05, 0.1) is 31.4 Å². The minimum Gasteiger partial charge on any atom is -0.383 e. The number of carbonyl (C=O) groups is 1. The van der Waals surface area contributed by atoms with Crippen LogP contribution in [0.4, 0.5) is 0 Å². The van der Waals surface area contributed by atoms with Gasteiger partial charge in [-0.25, -0.2) is 0 Å². The van der Waals surface area contributed by atoms with Gasteiger partial charge < -0.3 is 14.8 Å². The summed E-state index contributed by atoms with van der Waals surface area (Å²) in [5.41, 5.74) is 0.772. The number of amides is 1. The van der Waals surface area contributed by atoms with Gasteiger partial charge in [0.1, 0.15) is 0 Å². The van der Waals surface area contributed by atoms with Crippen molar-refractivity contribution in [1.82, 2.24) is 20.0 Å². The number of nitrogens with one attached hydrogen (secondary N) is 1. The van der Waals surface area contributed by atoms with E-state index in [-0.39, 0.29) is 11.8 Å². The summed E-state index contributed by atoms with van der Waals surface area (Å²) in [6.07, 6.45) is 3.91. The highest BCUT2D eigenvalue weighted by atomic mass is 16.5. The molecule has 3 heterocycles. The van der Waals surface area contributed by atoms with Crippen LogP contribution in [0.1, 0.15) is 5.56 Å². The van der Waals surface area contributed by atoms with Crippen LogP contribution in [0.25, 0.3) is 0 Å². The highest BCUT2D eigenvalue weighted by molar-refractivity contribution is 5.84. The van der Waals surface area contributed by atoms with Gasteiger partial charge in [0.2, 0.25) is 5.91 Å². The molecule has 7 nitrogen and oxygen atoms in total. The number of fused-ring (bicyclic) bond motifs is 1. The topological polar surface area (TPSA) is 68.6 Å². The lowest BCUT2D eigenvalue weighted by molar-refractivity contribution is -0.131. The van der Waals surface area contributed by atoms with E-state index in [2.05, 4.69) is 15.3 Å². The average molecular weight is 308 g/mol. The minimum absolute atomic E-state index is 0.0979. The number of ether oxygens (including phenoxy) is 2. The maximum Gasteiger partial charge on any atom is 0.230 e. The van der Waals surface area contributed by atoms with Crippen LogP contribution in [0.15, 0.2) is 12.4 Å². The molecule has 3 rings (SSSR count). The molecule has 2 saturated heterocycles. The molecule has 0 aromatic carbocycles. The molecule has 0 saturated carbocycles. The lowest BCUT2D eigenvalue weighted by Crippen LogP contribution is -2.47. The van der Waals surface area contributed by atoms with E-state index < -0.39 is 5.41 Å². The predicted octanol–water partition coefficient (Wildman–Crippen LogP) is -0.369. The van der Waals surface area contributed by atoms with Crippen LogP contribution in [0.3, 0.4) is 0 Å². The highest BCUT2D eigenvalue weighted by Gasteiger charge is 2.55. The van der Waals surface area contributed by atoms with Gasteiger partial charge >= 0.3 is 0 Å². The van der Waals surface area contributed by atoms with Crippen molar-refractivity contribution >= 4 is 5.91 Å². The lowest BCUT2D eigenvalue weighted by atomic mass is 9.80. The fourth-order valence-corrected chi connectivity index (χ4v) is 3.54. The molecule has 0 aliphatic carbocycles. The van der Waals surface area contributed by atoms with Crippen LogP contribution in [-0.4, -0.2) is 67.2 Å². The third-order valence-corrected chi connectivity index (χ3v) is 4.65. The SMILES string of the molecule is COCCNC(=O)[C@@]12COC[C@@H]1CN(Cc1cnn(C)c1)C2.